The van der Waals surface area contributed by atoms with Crippen LogP contribution in [0.2, 0.25) is 0 Å². The van der Waals surface area contributed by atoms with Gasteiger partial charge in [0.05, 0.1) is 0 Å². The van der Waals surface area contributed by atoms with E-state index >= 15 is 0 Å². The fourth-order valence-corrected chi connectivity index (χ4v) is 1.76. The number of rotatable bonds is 1. The van der Waals surface area contributed by atoms with Gasteiger partial charge in [0.15, 0.2) is 23.3 Å². The van der Waals surface area contributed by atoms with Crippen LogP contribution in [0.15, 0.2) is 0 Å². The molecule has 0 aromatic heterocycles. The predicted molar refractivity (Wildman–Crippen MR) is 51.3 cm³/mol. The summed E-state index contributed by atoms with van der Waals surface area (Å²) >= 11 is 0. The Morgan fingerprint density at radius 1 is 0.722 bits per heavy atom. The van der Waals surface area contributed by atoms with Gasteiger partial charge in [-0.15, -0.1) is 0 Å². The molecule has 0 saturated carbocycles. The highest BCUT2D eigenvalue weighted by atomic mass is 35.5. The van der Waals surface area contributed by atoms with Gasteiger partial charge < -0.3 is 22.6 Å². The Bertz CT molecular complexity index is 419. The molecule has 0 spiro atoms. The summed E-state index contributed by atoms with van der Waals surface area (Å²) < 4.78 is 65.5. The maximum absolute atomic E-state index is 13.4. The van der Waals surface area contributed by atoms with Crippen molar-refractivity contribution in [1.29, 1.82) is 0 Å². The molecule has 2 rings (SSSR count). The molecule has 0 aliphatic carbocycles. The Morgan fingerprint density at radius 2 is 1.11 bits per heavy atom. The summed E-state index contributed by atoms with van der Waals surface area (Å²) in [5, 5.41) is 2.92. The monoisotopic (exact) mass is 287 g/mol. The molecule has 1 fully saturated rings. The zero-order valence-electron chi connectivity index (χ0n) is 9.04. The molecule has 0 atom stereocenters. The maximum Gasteiger partial charge on any atom is 0.200 e. The van der Waals surface area contributed by atoms with Crippen molar-refractivity contribution >= 4 is 5.69 Å². The average Bonchev–Trinajstić information content (AvgIpc) is 2.36. The van der Waals surface area contributed by atoms with Crippen LogP contribution in [0.1, 0.15) is 0 Å². The minimum atomic E-state index is -2.13. The summed E-state index contributed by atoms with van der Waals surface area (Å²) in [6, 6.07) is 0. The lowest BCUT2D eigenvalue weighted by atomic mass is 10.2. The molecule has 1 aliphatic rings. The van der Waals surface area contributed by atoms with E-state index in [0.717, 1.165) is 4.90 Å². The van der Waals surface area contributed by atoms with Crippen molar-refractivity contribution < 1.29 is 34.4 Å². The lowest BCUT2D eigenvalue weighted by molar-refractivity contribution is -0.00000599. The Kier molecular flexibility index (Phi) is 4.75. The number of benzene rings is 1. The molecule has 8 heteroatoms. The van der Waals surface area contributed by atoms with Crippen molar-refractivity contribution in [2.75, 3.05) is 31.1 Å². The van der Waals surface area contributed by atoms with Crippen molar-refractivity contribution in [1.82, 2.24) is 5.32 Å². The van der Waals surface area contributed by atoms with Gasteiger partial charge in [0, 0.05) is 26.2 Å². The molecule has 1 aromatic rings. The molecular weight excluding hydrogens is 279 g/mol. The van der Waals surface area contributed by atoms with E-state index in [9.17, 15) is 22.0 Å². The quantitative estimate of drug-likeness (QED) is 0.396. The van der Waals surface area contributed by atoms with Crippen molar-refractivity contribution in [2.24, 2.45) is 0 Å². The van der Waals surface area contributed by atoms with Crippen molar-refractivity contribution in [3.05, 3.63) is 29.1 Å². The lowest BCUT2D eigenvalue weighted by Crippen LogP contribution is -3.00. The third-order valence-electron chi connectivity index (χ3n) is 2.62. The first-order valence-electron chi connectivity index (χ1n) is 5.01. The molecule has 1 heterocycles. The number of nitrogens with zero attached hydrogens (tertiary/aromatic N) is 1. The minimum absolute atomic E-state index is 0. The third-order valence-corrected chi connectivity index (χ3v) is 2.62. The summed E-state index contributed by atoms with van der Waals surface area (Å²) in [5.41, 5.74) is -0.845. The SMILES string of the molecule is Fc1c(F)c(F)c(N2CCNCC2)c(F)c1F.[Cl-]. The minimum Gasteiger partial charge on any atom is -1.00 e. The second-order valence-electron chi connectivity index (χ2n) is 3.66. The summed E-state index contributed by atoms with van der Waals surface area (Å²) in [6.07, 6.45) is 0. The number of hydrogen-bond donors (Lipinski definition) is 1. The van der Waals surface area contributed by atoms with Crippen LogP contribution in [0.5, 0.6) is 0 Å². The number of anilines is 1. The fourth-order valence-electron chi connectivity index (χ4n) is 1.76. The van der Waals surface area contributed by atoms with E-state index in [1.165, 1.54) is 0 Å². The molecule has 0 amide bonds. The summed E-state index contributed by atoms with van der Waals surface area (Å²) in [4.78, 5) is 1.15. The van der Waals surface area contributed by atoms with Gasteiger partial charge in [-0.25, -0.2) is 22.0 Å². The van der Waals surface area contributed by atoms with Crippen molar-refractivity contribution in [2.45, 2.75) is 0 Å². The van der Waals surface area contributed by atoms with Crippen LogP contribution in [0.25, 0.3) is 0 Å². The van der Waals surface area contributed by atoms with E-state index in [4.69, 9.17) is 0 Å². The van der Waals surface area contributed by atoms with Crippen molar-refractivity contribution in [3.63, 3.8) is 0 Å². The van der Waals surface area contributed by atoms with Crippen LogP contribution in [-0.4, -0.2) is 26.2 Å². The Hall–Kier alpha value is -1.08. The Labute approximate surface area is 106 Å². The van der Waals surface area contributed by atoms with Gasteiger partial charge in [-0.1, -0.05) is 0 Å². The maximum atomic E-state index is 13.4. The molecule has 0 radical (unpaired) electrons. The van der Waals surface area contributed by atoms with E-state index in [1.807, 2.05) is 0 Å². The molecular formula is C10H9ClF5N2-. The van der Waals surface area contributed by atoms with Gasteiger partial charge in [-0.05, 0) is 0 Å². The topological polar surface area (TPSA) is 15.3 Å². The largest absolute Gasteiger partial charge is 1.00 e. The summed E-state index contributed by atoms with van der Waals surface area (Å²) in [6.45, 7) is 1.25. The first-order valence-corrected chi connectivity index (χ1v) is 5.01. The molecule has 2 nitrogen and oxygen atoms in total. The first-order chi connectivity index (χ1) is 8.04. The number of hydrogen-bond acceptors (Lipinski definition) is 2. The van der Waals surface area contributed by atoms with Gasteiger partial charge >= 0.3 is 0 Å². The molecule has 1 saturated heterocycles. The van der Waals surface area contributed by atoms with E-state index < -0.39 is 34.8 Å². The summed E-state index contributed by atoms with van der Waals surface area (Å²) in [5.74, 6) is -9.49. The second-order valence-corrected chi connectivity index (χ2v) is 3.66. The van der Waals surface area contributed by atoms with Crippen molar-refractivity contribution in [3.8, 4) is 0 Å². The summed E-state index contributed by atoms with van der Waals surface area (Å²) in [7, 11) is 0. The van der Waals surface area contributed by atoms with E-state index in [2.05, 4.69) is 5.32 Å². The smallest absolute Gasteiger partial charge is 0.200 e. The van der Waals surface area contributed by atoms with E-state index in [-0.39, 0.29) is 25.5 Å². The first kappa shape index (κ1) is 15.0. The third kappa shape index (κ3) is 2.37. The Morgan fingerprint density at radius 3 is 1.56 bits per heavy atom. The van der Waals surface area contributed by atoms with Crippen LogP contribution >= 0.6 is 0 Å². The zero-order valence-corrected chi connectivity index (χ0v) is 9.80. The molecule has 0 unspecified atom stereocenters. The predicted octanol–water partition coefficient (Wildman–Crippen LogP) is -1.20. The van der Waals surface area contributed by atoms with Crippen LogP contribution in [-0.2, 0) is 0 Å². The average molecular weight is 288 g/mol. The molecule has 0 bridgehead atoms. The van der Waals surface area contributed by atoms with Crippen LogP contribution in [0, 0.1) is 29.1 Å². The highest BCUT2D eigenvalue weighted by molar-refractivity contribution is 5.51. The molecule has 1 aliphatic heterocycles. The highest BCUT2D eigenvalue weighted by Gasteiger charge is 2.29. The zero-order chi connectivity index (χ0) is 12.6. The molecule has 18 heavy (non-hydrogen) atoms. The van der Waals surface area contributed by atoms with Gasteiger partial charge in [0.25, 0.3) is 0 Å². The highest BCUT2D eigenvalue weighted by Crippen LogP contribution is 2.30. The fraction of sp³-hybridized carbons (Fsp3) is 0.400. The van der Waals surface area contributed by atoms with Gasteiger partial charge in [-0.2, -0.15) is 0 Å². The normalized spacial score (nSPS) is 15.5. The standard InChI is InChI=1S/C10H9F5N2.ClH/c11-5-6(12)8(14)10(9(15)7(5)13)17-3-1-16-2-4-17;/h16H,1-4H2;1H/p-1. The van der Waals surface area contributed by atoms with E-state index in [1.54, 1.807) is 0 Å². The Balaban J connectivity index is 0.00000162. The van der Waals surface area contributed by atoms with Crippen LogP contribution in [0.3, 0.4) is 0 Å². The number of halogens is 6. The lowest BCUT2D eigenvalue weighted by Gasteiger charge is -2.30. The van der Waals surface area contributed by atoms with Gasteiger partial charge in [0.1, 0.15) is 5.69 Å². The van der Waals surface area contributed by atoms with Gasteiger partial charge in [0.2, 0.25) is 5.82 Å². The van der Waals surface area contributed by atoms with E-state index in [0.29, 0.717) is 13.1 Å². The number of nitrogens with one attached hydrogen (secondary N) is 1. The van der Waals surface area contributed by atoms with Gasteiger partial charge in [-0.3, -0.25) is 0 Å². The van der Waals surface area contributed by atoms with Crippen LogP contribution in [0.4, 0.5) is 27.6 Å². The molecule has 1 N–H and O–H groups in total. The number of piperazine rings is 1. The van der Waals surface area contributed by atoms with Crippen LogP contribution < -0.4 is 22.6 Å². The molecule has 1 aromatic carbocycles. The molecule has 102 valence electrons. The second kappa shape index (κ2) is 5.71.